The van der Waals surface area contributed by atoms with Crippen molar-refractivity contribution in [3.8, 4) is 0 Å². The van der Waals surface area contributed by atoms with E-state index >= 15 is 0 Å². The average Bonchev–Trinajstić information content (AvgIpc) is 1.67. The van der Waals surface area contributed by atoms with Crippen LogP contribution in [0.1, 0.15) is 20.3 Å². The number of carboxylic acids is 1. The van der Waals surface area contributed by atoms with Gasteiger partial charge in [-0.05, 0) is 4.08 Å². The van der Waals surface area contributed by atoms with Crippen LogP contribution in [0.2, 0.25) is 0 Å². The standard InChI is InChI=1S/C3H3IO2.C3H8/c4-2-1-3(5)6;1-3-2/h1-2H,(H,5,6);3H2,1-2H3/b2-1-;. The van der Waals surface area contributed by atoms with Gasteiger partial charge in [0.1, 0.15) is 0 Å². The van der Waals surface area contributed by atoms with Gasteiger partial charge in [0.15, 0.2) is 0 Å². The Morgan fingerprint density at radius 1 is 1.67 bits per heavy atom. The van der Waals surface area contributed by atoms with Crippen molar-refractivity contribution in [1.29, 1.82) is 0 Å². The zero-order chi connectivity index (χ0) is 7.70. The molecule has 3 heteroatoms. The third kappa shape index (κ3) is 32.4. The largest absolute Gasteiger partial charge is 0.478 e. The van der Waals surface area contributed by atoms with Gasteiger partial charge in [-0.1, -0.05) is 42.9 Å². The number of halogens is 1. The number of carbonyl (C=O) groups is 1. The summed E-state index contributed by atoms with van der Waals surface area (Å²) < 4.78 is 1.44. The molecule has 0 aromatic rings. The topological polar surface area (TPSA) is 37.3 Å². The van der Waals surface area contributed by atoms with Gasteiger partial charge in [-0.3, -0.25) is 0 Å². The Labute approximate surface area is 69.1 Å². The van der Waals surface area contributed by atoms with Crippen LogP contribution in [0.3, 0.4) is 0 Å². The SMILES string of the molecule is CCC.O=C(O)/C=C\I. The lowest BCUT2D eigenvalue weighted by Crippen LogP contribution is -1.83. The molecule has 0 radical (unpaired) electrons. The summed E-state index contributed by atoms with van der Waals surface area (Å²) in [5.41, 5.74) is 0. The summed E-state index contributed by atoms with van der Waals surface area (Å²) in [6.45, 7) is 4.25. The van der Waals surface area contributed by atoms with Gasteiger partial charge in [0.25, 0.3) is 0 Å². The predicted molar refractivity (Wildman–Crippen MR) is 46.8 cm³/mol. The van der Waals surface area contributed by atoms with Gasteiger partial charge in [0, 0.05) is 6.08 Å². The van der Waals surface area contributed by atoms with E-state index in [9.17, 15) is 4.79 Å². The summed E-state index contributed by atoms with van der Waals surface area (Å²) in [5.74, 6) is -0.899. The van der Waals surface area contributed by atoms with E-state index in [4.69, 9.17) is 5.11 Å². The van der Waals surface area contributed by atoms with Crippen molar-refractivity contribution in [1.82, 2.24) is 0 Å². The molecule has 0 heterocycles. The van der Waals surface area contributed by atoms with E-state index in [1.807, 2.05) is 22.6 Å². The van der Waals surface area contributed by atoms with Crippen LogP contribution in [0.15, 0.2) is 10.2 Å². The maximum atomic E-state index is 9.51. The summed E-state index contributed by atoms with van der Waals surface area (Å²) in [6, 6.07) is 0. The first-order valence-corrected chi connectivity index (χ1v) is 3.93. The van der Waals surface area contributed by atoms with Gasteiger partial charge in [0.2, 0.25) is 0 Å². The minimum Gasteiger partial charge on any atom is -0.478 e. The van der Waals surface area contributed by atoms with Crippen LogP contribution in [0, 0.1) is 0 Å². The molecule has 0 spiro atoms. The van der Waals surface area contributed by atoms with E-state index in [1.54, 1.807) is 0 Å². The summed E-state index contributed by atoms with van der Waals surface area (Å²) >= 11 is 1.84. The lowest BCUT2D eigenvalue weighted by molar-refractivity contribution is -0.131. The van der Waals surface area contributed by atoms with E-state index in [-0.39, 0.29) is 0 Å². The summed E-state index contributed by atoms with van der Waals surface area (Å²) in [7, 11) is 0. The first-order chi connectivity index (χ1) is 4.18. The maximum Gasteiger partial charge on any atom is 0.328 e. The molecule has 0 aromatic heterocycles. The third-order valence-electron chi connectivity index (χ3n) is 0.206. The van der Waals surface area contributed by atoms with Gasteiger partial charge >= 0.3 is 5.97 Å². The van der Waals surface area contributed by atoms with Crippen LogP contribution in [-0.4, -0.2) is 11.1 Å². The lowest BCUT2D eigenvalue weighted by Gasteiger charge is -1.67. The van der Waals surface area contributed by atoms with E-state index in [1.165, 1.54) is 10.5 Å². The molecule has 54 valence electrons. The predicted octanol–water partition coefficient (Wildman–Crippen LogP) is 2.44. The number of rotatable bonds is 1. The summed E-state index contributed by atoms with van der Waals surface area (Å²) in [4.78, 5) is 9.51. The maximum absolute atomic E-state index is 9.51. The molecule has 0 aliphatic rings. The van der Waals surface area contributed by atoms with Crippen molar-refractivity contribution in [3.05, 3.63) is 10.2 Å². The zero-order valence-electron chi connectivity index (χ0n) is 5.60. The molecule has 0 bridgehead atoms. The second kappa shape index (κ2) is 10.8. The Hall–Kier alpha value is -0.0600. The van der Waals surface area contributed by atoms with Gasteiger partial charge in [0.05, 0.1) is 0 Å². The summed E-state index contributed by atoms with van der Waals surface area (Å²) in [5, 5.41) is 7.82. The van der Waals surface area contributed by atoms with Crippen molar-refractivity contribution >= 4 is 28.6 Å². The van der Waals surface area contributed by atoms with Crippen molar-refractivity contribution in [2.75, 3.05) is 0 Å². The minimum absolute atomic E-state index is 0.899. The van der Waals surface area contributed by atoms with Crippen LogP contribution in [0.5, 0.6) is 0 Å². The van der Waals surface area contributed by atoms with Crippen LogP contribution in [-0.2, 0) is 4.79 Å². The van der Waals surface area contributed by atoms with E-state index in [0.717, 1.165) is 6.08 Å². The summed E-state index contributed by atoms with van der Waals surface area (Å²) in [6.07, 6.45) is 2.32. The molecule has 0 aromatic carbocycles. The normalized spacial score (nSPS) is 8.33. The Morgan fingerprint density at radius 3 is 2.00 bits per heavy atom. The van der Waals surface area contributed by atoms with Crippen molar-refractivity contribution < 1.29 is 9.90 Å². The highest BCUT2D eigenvalue weighted by atomic mass is 127. The van der Waals surface area contributed by atoms with Gasteiger partial charge in [-0.15, -0.1) is 0 Å². The lowest BCUT2D eigenvalue weighted by atomic mass is 10.6. The van der Waals surface area contributed by atoms with Crippen molar-refractivity contribution in [2.24, 2.45) is 0 Å². The van der Waals surface area contributed by atoms with E-state index in [2.05, 4.69) is 13.8 Å². The second-order valence-electron chi connectivity index (χ2n) is 1.34. The van der Waals surface area contributed by atoms with Gasteiger partial charge < -0.3 is 5.11 Å². The third-order valence-corrected chi connectivity index (χ3v) is 0.565. The van der Waals surface area contributed by atoms with Crippen molar-refractivity contribution in [3.63, 3.8) is 0 Å². The molecule has 9 heavy (non-hydrogen) atoms. The number of aliphatic carboxylic acids is 1. The highest BCUT2D eigenvalue weighted by Crippen LogP contribution is 1.80. The van der Waals surface area contributed by atoms with E-state index < -0.39 is 5.97 Å². The van der Waals surface area contributed by atoms with Crippen LogP contribution in [0.25, 0.3) is 0 Å². The molecular formula is C6H11IO2. The molecule has 0 unspecified atom stereocenters. The Kier molecular flexibility index (Phi) is 14.1. The molecule has 0 saturated heterocycles. The molecule has 0 atom stereocenters. The van der Waals surface area contributed by atoms with Crippen molar-refractivity contribution in [2.45, 2.75) is 20.3 Å². The van der Waals surface area contributed by atoms with Crippen LogP contribution >= 0.6 is 22.6 Å². The fourth-order valence-electron chi connectivity index (χ4n) is 0.0539. The molecule has 2 nitrogen and oxygen atoms in total. The first kappa shape index (κ1) is 11.7. The van der Waals surface area contributed by atoms with E-state index in [0.29, 0.717) is 0 Å². The molecule has 0 aliphatic carbocycles. The Bertz CT molecular complexity index is 89.1. The number of carboxylic acid groups (broad SMARTS) is 1. The highest BCUT2D eigenvalue weighted by Gasteiger charge is 1.77. The smallest absolute Gasteiger partial charge is 0.328 e. The fourth-order valence-corrected chi connectivity index (χ4v) is 0.361. The highest BCUT2D eigenvalue weighted by molar-refractivity contribution is 14.1. The minimum atomic E-state index is -0.899. The number of hydrogen-bond acceptors (Lipinski definition) is 1. The molecule has 0 aliphatic heterocycles. The van der Waals surface area contributed by atoms with Gasteiger partial charge in [-0.25, -0.2) is 4.79 Å². The quantitative estimate of drug-likeness (QED) is 0.566. The molecule has 0 rings (SSSR count). The zero-order valence-corrected chi connectivity index (χ0v) is 7.75. The first-order valence-electron chi connectivity index (χ1n) is 2.68. The monoisotopic (exact) mass is 242 g/mol. The fraction of sp³-hybridized carbons (Fsp3) is 0.500. The molecular weight excluding hydrogens is 231 g/mol. The van der Waals surface area contributed by atoms with Crippen LogP contribution < -0.4 is 0 Å². The Balaban J connectivity index is 0. The molecule has 0 amide bonds. The molecule has 1 N–H and O–H groups in total. The van der Waals surface area contributed by atoms with Gasteiger partial charge in [-0.2, -0.15) is 0 Å². The van der Waals surface area contributed by atoms with Crippen LogP contribution in [0.4, 0.5) is 0 Å². The average molecular weight is 242 g/mol. The second-order valence-corrected chi connectivity index (χ2v) is 2.06. The number of hydrogen-bond donors (Lipinski definition) is 1. The Morgan fingerprint density at radius 2 is 2.00 bits per heavy atom. The molecule has 0 saturated carbocycles. The molecule has 0 fully saturated rings.